The van der Waals surface area contributed by atoms with Gasteiger partial charge in [0.05, 0.1) is 5.52 Å². The number of amides is 1. The van der Waals surface area contributed by atoms with Crippen LogP contribution in [0.15, 0.2) is 54.7 Å². The molecule has 0 aliphatic heterocycles. The van der Waals surface area contributed by atoms with Gasteiger partial charge in [-0.25, -0.2) is 0 Å². The molecule has 3 rings (SSSR count). The third-order valence-electron chi connectivity index (χ3n) is 4.55. The Morgan fingerprint density at radius 3 is 2.58 bits per heavy atom. The van der Waals surface area contributed by atoms with Gasteiger partial charge in [0, 0.05) is 25.0 Å². The second-order valence-electron chi connectivity index (χ2n) is 6.96. The van der Waals surface area contributed by atoms with Crippen LogP contribution in [-0.2, 0) is 11.3 Å². The molecule has 5 nitrogen and oxygen atoms in total. The van der Waals surface area contributed by atoms with Crippen molar-refractivity contribution in [3.8, 4) is 0 Å². The van der Waals surface area contributed by atoms with E-state index in [2.05, 4.69) is 41.1 Å². The van der Waals surface area contributed by atoms with Gasteiger partial charge in [-0.3, -0.25) is 4.79 Å². The minimum atomic E-state index is -0.688. The van der Waals surface area contributed by atoms with Gasteiger partial charge < -0.3 is 20.5 Å². The normalized spacial score (nSPS) is 12.5. The third-order valence-corrected chi connectivity index (χ3v) is 4.55. The number of benzene rings is 2. The van der Waals surface area contributed by atoms with E-state index in [0.717, 1.165) is 40.8 Å². The van der Waals surface area contributed by atoms with Crippen LogP contribution in [0.2, 0.25) is 0 Å². The summed E-state index contributed by atoms with van der Waals surface area (Å²) in [5.74, 6) is -0.209. The lowest BCUT2D eigenvalue weighted by Gasteiger charge is -2.14. The third kappa shape index (κ3) is 4.12. The van der Waals surface area contributed by atoms with Crippen LogP contribution < -0.4 is 11.1 Å². The van der Waals surface area contributed by atoms with Crippen molar-refractivity contribution in [3.63, 3.8) is 0 Å². The molecule has 0 aliphatic carbocycles. The van der Waals surface area contributed by atoms with E-state index in [9.17, 15) is 4.79 Å². The predicted octanol–water partition coefficient (Wildman–Crippen LogP) is 3.15. The first kappa shape index (κ1) is 18.2. The molecule has 1 amide bonds. The lowest BCUT2D eigenvalue weighted by atomic mass is 10.1. The molecule has 0 aliphatic rings. The number of carbonyl (C=O) groups is 1. The summed E-state index contributed by atoms with van der Waals surface area (Å²) in [4.78, 5) is 14.7. The van der Waals surface area contributed by atoms with Crippen molar-refractivity contribution in [2.24, 2.45) is 5.73 Å². The SMILES string of the molecule is Cc1ccc(C(N)C(=O)Nc2ccc3ccn(CCN(C)C)c3c2)cc1. The maximum absolute atomic E-state index is 12.5. The van der Waals surface area contributed by atoms with Gasteiger partial charge in [-0.05, 0) is 50.2 Å². The van der Waals surface area contributed by atoms with Crippen molar-refractivity contribution in [3.05, 3.63) is 65.9 Å². The molecular formula is C21H26N4O. The van der Waals surface area contributed by atoms with Gasteiger partial charge in [0.15, 0.2) is 0 Å². The van der Waals surface area contributed by atoms with E-state index in [-0.39, 0.29) is 5.91 Å². The lowest BCUT2D eigenvalue weighted by molar-refractivity contribution is -0.117. The number of carbonyl (C=O) groups excluding carboxylic acids is 1. The van der Waals surface area contributed by atoms with E-state index in [1.54, 1.807) is 0 Å². The molecule has 0 spiro atoms. The highest BCUT2D eigenvalue weighted by Gasteiger charge is 2.16. The molecule has 0 bridgehead atoms. The van der Waals surface area contributed by atoms with Gasteiger partial charge in [0.1, 0.15) is 6.04 Å². The van der Waals surface area contributed by atoms with Crippen molar-refractivity contribution in [1.82, 2.24) is 9.47 Å². The first-order chi connectivity index (χ1) is 12.4. The van der Waals surface area contributed by atoms with Crippen LogP contribution in [0.25, 0.3) is 10.9 Å². The number of hydrogen-bond donors (Lipinski definition) is 2. The zero-order valence-electron chi connectivity index (χ0n) is 15.6. The largest absolute Gasteiger partial charge is 0.346 e. The van der Waals surface area contributed by atoms with Crippen LogP contribution >= 0.6 is 0 Å². The molecule has 0 fully saturated rings. The van der Waals surface area contributed by atoms with Gasteiger partial charge in [-0.1, -0.05) is 35.9 Å². The average molecular weight is 350 g/mol. The Morgan fingerprint density at radius 1 is 1.15 bits per heavy atom. The molecular weight excluding hydrogens is 324 g/mol. The minimum absolute atomic E-state index is 0.209. The summed E-state index contributed by atoms with van der Waals surface area (Å²) in [6, 6.07) is 15.1. The van der Waals surface area contributed by atoms with Crippen LogP contribution in [0.5, 0.6) is 0 Å². The minimum Gasteiger partial charge on any atom is -0.346 e. The lowest BCUT2D eigenvalue weighted by Crippen LogP contribution is -2.27. The zero-order valence-corrected chi connectivity index (χ0v) is 15.6. The summed E-state index contributed by atoms with van der Waals surface area (Å²) >= 11 is 0. The fourth-order valence-electron chi connectivity index (χ4n) is 2.91. The number of anilines is 1. The molecule has 1 aromatic heterocycles. The summed E-state index contributed by atoms with van der Waals surface area (Å²) in [7, 11) is 4.12. The second-order valence-corrected chi connectivity index (χ2v) is 6.96. The summed E-state index contributed by atoms with van der Waals surface area (Å²) in [5, 5.41) is 4.10. The number of fused-ring (bicyclic) bond motifs is 1. The molecule has 1 atom stereocenters. The van der Waals surface area contributed by atoms with Crippen LogP contribution in [0.1, 0.15) is 17.2 Å². The molecule has 0 radical (unpaired) electrons. The Morgan fingerprint density at radius 2 is 1.88 bits per heavy atom. The maximum atomic E-state index is 12.5. The molecule has 0 saturated carbocycles. The standard InChI is InChI=1S/C21H26N4O/c1-15-4-6-17(7-5-15)20(22)21(26)23-18-9-8-16-10-11-25(19(16)14-18)13-12-24(2)3/h4-11,14,20H,12-13,22H2,1-3H3,(H,23,26). The molecule has 2 aromatic carbocycles. The highest BCUT2D eigenvalue weighted by molar-refractivity contribution is 5.97. The number of rotatable bonds is 6. The van der Waals surface area contributed by atoms with Crippen molar-refractivity contribution in [2.75, 3.05) is 26.0 Å². The summed E-state index contributed by atoms with van der Waals surface area (Å²) in [5.41, 5.74) is 9.93. The number of nitrogens with two attached hydrogens (primary N) is 1. The zero-order chi connectivity index (χ0) is 18.7. The van der Waals surface area contributed by atoms with Crippen LogP contribution in [-0.4, -0.2) is 36.0 Å². The van der Waals surface area contributed by atoms with Crippen molar-refractivity contribution in [2.45, 2.75) is 19.5 Å². The van der Waals surface area contributed by atoms with Gasteiger partial charge >= 0.3 is 0 Å². The fraction of sp³-hybridized carbons (Fsp3) is 0.286. The van der Waals surface area contributed by atoms with Crippen molar-refractivity contribution >= 4 is 22.5 Å². The van der Waals surface area contributed by atoms with Gasteiger partial charge in [-0.15, -0.1) is 0 Å². The second kappa shape index (κ2) is 7.72. The summed E-state index contributed by atoms with van der Waals surface area (Å²) in [6.45, 7) is 3.87. The van der Waals surface area contributed by atoms with E-state index in [0.29, 0.717) is 0 Å². The Kier molecular flexibility index (Phi) is 5.40. The molecule has 3 N–H and O–H groups in total. The Hall–Kier alpha value is -2.63. The molecule has 5 heteroatoms. The van der Waals surface area contributed by atoms with Gasteiger partial charge in [0.2, 0.25) is 5.91 Å². The van der Waals surface area contributed by atoms with Crippen molar-refractivity contribution < 1.29 is 4.79 Å². The topological polar surface area (TPSA) is 63.3 Å². The summed E-state index contributed by atoms with van der Waals surface area (Å²) in [6.07, 6.45) is 2.08. The number of nitrogens with one attached hydrogen (secondary N) is 1. The number of aromatic nitrogens is 1. The number of hydrogen-bond acceptors (Lipinski definition) is 3. The Balaban J connectivity index is 1.76. The highest BCUT2D eigenvalue weighted by Crippen LogP contribution is 2.22. The number of aryl methyl sites for hydroxylation is 1. The quantitative estimate of drug-likeness (QED) is 0.718. The number of likely N-dealkylation sites (N-methyl/N-ethyl adjacent to an activating group) is 1. The maximum Gasteiger partial charge on any atom is 0.245 e. The number of nitrogens with zero attached hydrogens (tertiary/aromatic N) is 2. The van der Waals surface area contributed by atoms with Crippen LogP contribution in [0.3, 0.4) is 0 Å². The first-order valence-corrected chi connectivity index (χ1v) is 8.80. The Labute approximate surface area is 154 Å². The summed E-state index contributed by atoms with van der Waals surface area (Å²) < 4.78 is 2.20. The van der Waals surface area contributed by atoms with Gasteiger partial charge in [0.25, 0.3) is 0 Å². The van der Waals surface area contributed by atoms with E-state index in [4.69, 9.17) is 5.73 Å². The molecule has 26 heavy (non-hydrogen) atoms. The fourth-order valence-corrected chi connectivity index (χ4v) is 2.91. The first-order valence-electron chi connectivity index (χ1n) is 8.80. The monoisotopic (exact) mass is 350 g/mol. The smallest absolute Gasteiger partial charge is 0.245 e. The van der Waals surface area contributed by atoms with E-state index >= 15 is 0 Å². The molecule has 136 valence electrons. The van der Waals surface area contributed by atoms with Crippen LogP contribution in [0.4, 0.5) is 5.69 Å². The van der Waals surface area contributed by atoms with E-state index in [1.165, 1.54) is 0 Å². The van der Waals surface area contributed by atoms with Crippen molar-refractivity contribution in [1.29, 1.82) is 0 Å². The van der Waals surface area contributed by atoms with E-state index < -0.39 is 6.04 Å². The highest BCUT2D eigenvalue weighted by atomic mass is 16.2. The Bertz CT molecular complexity index is 896. The average Bonchev–Trinajstić information content (AvgIpc) is 3.02. The van der Waals surface area contributed by atoms with E-state index in [1.807, 2.05) is 49.4 Å². The molecule has 3 aromatic rings. The van der Waals surface area contributed by atoms with Crippen LogP contribution in [0, 0.1) is 6.92 Å². The molecule has 1 heterocycles. The molecule has 1 unspecified atom stereocenters. The van der Waals surface area contributed by atoms with Gasteiger partial charge in [-0.2, -0.15) is 0 Å². The predicted molar refractivity (Wildman–Crippen MR) is 107 cm³/mol. The molecule has 0 saturated heterocycles.